The molecule has 1 aliphatic heterocycles. The van der Waals surface area contributed by atoms with E-state index < -0.39 is 17.5 Å². The molecule has 12 heteroatoms. The number of rotatable bonds is 5. The molecule has 3 heterocycles. The van der Waals surface area contributed by atoms with Crippen LogP contribution in [0.25, 0.3) is 5.70 Å². The fourth-order valence-corrected chi connectivity index (χ4v) is 2.95. The summed E-state index contributed by atoms with van der Waals surface area (Å²) in [4.78, 5) is 20.8. The van der Waals surface area contributed by atoms with E-state index in [2.05, 4.69) is 15.4 Å². The van der Waals surface area contributed by atoms with Crippen LogP contribution in [-0.2, 0) is 22.3 Å². The minimum atomic E-state index is -4.45. The quantitative estimate of drug-likeness (QED) is 0.424. The molecule has 0 aromatic carbocycles. The molecule has 0 spiro atoms. The van der Waals surface area contributed by atoms with Gasteiger partial charge in [-0.1, -0.05) is 6.07 Å². The normalized spacial score (nSPS) is 16.4. The van der Waals surface area contributed by atoms with Crippen molar-refractivity contribution in [3.05, 3.63) is 65.9 Å². The fraction of sp³-hybridized carbons (Fsp3) is 0.435. The van der Waals surface area contributed by atoms with E-state index >= 15 is 0 Å². The number of hydrogen-bond donors (Lipinski definition) is 3. The van der Waals surface area contributed by atoms with Gasteiger partial charge in [0.2, 0.25) is 0 Å². The van der Waals surface area contributed by atoms with Crippen LogP contribution in [0.5, 0.6) is 0 Å². The summed E-state index contributed by atoms with van der Waals surface area (Å²) in [5.74, 6) is 5.04. The Balaban J connectivity index is 0.000000328. The molecule has 5 N–H and O–H groups in total. The van der Waals surface area contributed by atoms with Gasteiger partial charge in [-0.3, -0.25) is 15.8 Å². The molecule has 2 aromatic rings. The zero-order valence-electron chi connectivity index (χ0n) is 19.9. The number of amides is 1. The zero-order chi connectivity index (χ0) is 26.1. The Kier molecular flexibility index (Phi) is 9.84. The lowest BCUT2D eigenvalue weighted by atomic mass is 10.2. The van der Waals surface area contributed by atoms with Crippen molar-refractivity contribution in [1.29, 1.82) is 0 Å². The number of halogens is 3. The molecule has 9 nitrogen and oxygen atoms in total. The van der Waals surface area contributed by atoms with E-state index in [1.807, 2.05) is 12.1 Å². The number of carbonyl (C=O) groups is 1. The number of ether oxygens (including phenoxy) is 2. The highest BCUT2D eigenvalue weighted by atomic mass is 19.4. The van der Waals surface area contributed by atoms with Crippen LogP contribution in [0.2, 0.25) is 0 Å². The molecule has 3 rings (SSSR count). The summed E-state index contributed by atoms with van der Waals surface area (Å²) in [6, 6.07) is 5.94. The molecule has 0 saturated carbocycles. The molecule has 1 amide bonds. The number of aromatic nitrogens is 2. The van der Waals surface area contributed by atoms with Gasteiger partial charge in [-0.25, -0.2) is 4.79 Å². The van der Waals surface area contributed by atoms with Gasteiger partial charge in [0.25, 0.3) is 0 Å². The number of hydrazine groups is 1. The maximum absolute atomic E-state index is 12.4. The summed E-state index contributed by atoms with van der Waals surface area (Å²) in [5.41, 5.74) is 8.43. The molecule has 1 unspecified atom stereocenters. The third-order valence-corrected chi connectivity index (χ3v) is 4.63. The van der Waals surface area contributed by atoms with Gasteiger partial charge in [0.15, 0.2) is 0 Å². The number of pyridine rings is 2. The molecule has 35 heavy (non-hydrogen) atoms. The highest BCUT2D eigenvalue weighted by Crippen LogP contribution is 2.27. The van der Waals surface area contributed by atoms with E-state index in [0.29, 0.717) is 30.8 Å². The van der Waals surface area contributed by atoms with E-state index in [-0.39, 0.29) is 18.8 Å². The highest BCUT2D eigenvalue weighted by molar-refractivity contribution is 5.68. The molecular weight excluding hydrogens is 465 g/mol. The maximum Gasteiger partial charge on any atom is 0.433 e. The Morgan fingerprint density at radius 1 is 1.26 bits per heavy atom. The van der Waals surface area contributed by atoms with E-state index in [1.165, 1.54) is 12.3 Å². The van der Waals surface area contributed by atoms with Gasteiger partial charge in [-0.15, -0.1) is 0 Å². The van der Waals surface area contributed by atoms with Crippen LogP contribution in [0.4, 0.5) is 18.0 Å². The van der Waals surface area contributed by atoms with Crippen molar-refractivity contribution in [3.63, 3.8) is 0 Å². The number of nitrogens with zero attached hydrogens (tertiary/aromatic N) is 3. The van der Waals surface area contributed by atoms with Gasteiger partial charge in [0.1, 0.15) is 11.3 Å². The molecule has 192 valence electrons. The standard InChI is InChI=1S/C16H21F3N2O3.C7H10N4/c1-15(2,3)24-14(22)21-7-6-12(9-21)23-10-11-4-5-13(20-8-11)16(17,18)19;8-7(5-11-9)6-2-1-3-10-4-6/h4-5,8,12H,6-7,9-10H2,1-3H3;1-5,11H,8-9H2/b;7-5-. The Morgan fingerprint density at radius 3 is 2.54 bits per heavy atom. The van der Waals surface area contributed by atoms with Gasteiger partial charge in [-0.2, -0.15) is 13.2 Å². The molecule has 1 fully saturated rings. The first-order chi connectivity index (χ1) is 16.4. The SMILES string of the molecule is CC(C)(C)OC(=O)N1CCC(OCc2ccc(C(F)(F)F)nc2)C1.NN/C=C(\N)c1cccnc1. The predicted molar refractivity (Wildman–Crippen MR) is 124 cm³/mol. The van der Waals surface area contributed by atoms with Crippen molar-refractivity contribution in [3.8, 4) is 0 Å². The molecule has 0 radical (unpaired) electrons. The lowest BCUT2D eigenvalue weighted by molar-refractivity contribution is -0.141. The van der Waals surface area contributed by atoms with Crippen molar-refractivity contribution >= 4 is 11.8 Å². The van der Waals surface area contributed by atoms with Gasteiger partial charge >= 0.3 is 12.3 Å². The van der Waals surface area contributed by atoms with Gasteiger partial charge < -0.3 is 25.5 Å². The van der Waals surface area contributed by atoms with Crippen molar-refractivity contribution in [2.24, 2.45) is 11.6 Å². The first kappa shape index (κ1) is 27.9. The van der Waals surface area contributed by atoms with E-state index in [0.717, 1.165) is 17.8 Å². The van der Waals surface area contributed by atoms with Crippen LogP contribution >= 0.6 is 0 Å². The minimum absolute atomic E-state index is 0.151. The fourth-order valence-electron chi connectivity index (χ4n) is 2.95. The Bertz CT molecular complexity index is 963. The van der Waals surface area contributed by atoms with Gasteiger partial charge in [0.05, 0.1) is 25.0 Å². The van der Waals surface area contributed by atoms with Crippen LogP contribution in [0, 0.1) is 0 Å². The first-order valence-corrected chi connectivity index (χ1v) is 10.8. The Morgan fingerprint density at radius 2 is 2.00 bits per heavy atom. The molecule has 1 saturated heterocycles. The number of carbonyl (C=O) groups excluding carboxylic acids is 1. The van der Waals surface area contributed by atoms with E-state index in [9.17, 15) is 18.0 Å². The zero-order valence-corrected chi connectivity index (χ0v) is 19.9. The van der Waals surface area contributed by atoms with Crippen LogP contribution in [0.3, 0.4) is 0 Å². The van der Waals surface area contributed by atoms with Crippen molar-refractivity contribution in [2.45, 2.75) is 51.7 Å². The van der Waals surface area contributed by atoms with Gasteiger partial charge in [-0.05, 0) is 51.0 Å². The number of hydrogen-bond acceptors (Lipinski definition) is 8. The summed E-state index contributed by atoms with van der Waals surface area (Å²) in [7, 11) is 0. The number of likely N-dealkylation sites (tertiary alicyclic amines) is 1. The van der Waals surface area contributed by atoms with Crippen molar-refractivity contribution < 1.29 is 27.4 Å². The first-order valence-electron chi connectivity index (χ1n) is 10.8. The third kappa shape index (κ3) is 9.79. The van der Waals surface area contributed by atoms with E-state index in [1.54, 1.807) is 38.1 Å². The average molecular weight is 497 g/mol. The monoisotopic (exact) mass is 496 g/mol. The van der Waals surface area contributed by atoms with Crippen LogP contribution in [-0.4, -0.2) is 45.8 Å². The van der Waals surface area contributed by atoms with Crippen molar-refractivity contribution in [1.82, 2.24) is 20.3 Å². The summed E-state index contributed by atoms with van der Waals surface area (Å²) < 4.78 is 48.3. The Labute approximate surface area is 202 Å². The van der Waals surface area contributed by atoms with E-state index in [4.69, 9.17) is 21.1 Å². The predicted octanol–water partition coefficient (Wildman–Crippen LogP) is 3.43. The molecule has 0 bridgehead atoms. The van der Waals surface area contributed by atoms with Crippen LogP contribution < -0.4 is 17.0 Å². The second-order valence-electron chi connectivity index (χ2n) is 8.71. The smallest absolute Gasteiger partial charge is 0.433 e. The molecule has 1 atom stereocenters. The number of alkyl halides is 3. The lowest BCUT2D eigenvalue weighted by Gasteiger charge is -2.24. The summed E-state index contributed by atoms with van der Waals surface area (Å²) in [6.07, 6.45) is 1.69. The van der Waals surface area contributed by atoms with Gasteiger partial charge in [0, 0.05) is 36.9 Å². The Hall–Kier alpha value is -3.38. The van der Waals surface area contributed by atoms with Crippen LogP contribution in [0.15, 0.2) is 49.1 Å². The molecular formula is C23H31F3N6O3. The third-order valence-electron chi connectivity index (χ3n) is 4.63. The highest BCUT2D eigenvalue weighted by Gasteiger charge is 2.32. The number of nitrogens with two attached hydrogens (primary N) is 2. The molecule has 2 aromatic heterocycles. The lowest BCUT2D eigenvalue weighted by Crippen LogP contribution is -2.36. The minimum Gasteiger partial charge on any atom is -0.444 e. The summed E-state index contributed by atoms with van der Waals surface area (Å²) >= 11 is 0. The largest absolute Gasteiger partial charge is 0.444 e. The number of nitrogens with one attached hydrogen (secondary N) is 1. The summed E-state index contributed by atoms with van der Waals surface area (Å²) in [5, 5.41) is 0. The second-order valence-corrected chi connectivity index (χ2v) is 8.71. The topological polar surface area (TPSA) is 129 Å². The molecule has 1 aliphatic rings. The molecule has 0 aliphatic carbocycles. The second kappa shape index (κ2) is 12.4. The van der Waals surface area contributed by atoms with Crippen molar-refractivity contribution in [2.75, 3.05) is 13.1 Å². The maximum atomic E-state index is 12.4. The average Bonchev–Trinajstić information content (AvgIpc) is 3.27. The van der Waals surface area contributed by atoms with Crippen LogP contribution in [0.1, 0.15) is 44.0 Å². The summed E-state index contributed by atoms with van der Waals surface area (Å²) in [6.45, 7) is 6.48.